The number of halogens is 1. The summed E-state index contributed by atoms with van der Waals surface area (Å²) >= 11 is 0. The Bertz CT molecular complexity index is 949. The van der Waals surface area contributed by atoms with E-state index < -0.39 is 0 Å². The summed E-state index contributed by atoms with van der Waals surface area (Å²) < 4.78 is 19.9. The van der Waals surface area contributed by atoms with Gasteiger partial charge in [0.15, 0.2) is 5.69 Å². The van der Waals surface area contributed by atoms with E-state index in [9.17, 15) is 4.39 Å². The average molecular weight is 308 g/mol. The largest absolute Gasteiger partial charge is 0.333 e. The van der Waals surface area contributed by atoms with Crippen LogP contribution in [0.1, 0.15) is 0 Å². The molecule has 4 rings (SSSR count). The van der Waals surface area contributed by atoms with Crippen LogP contribution in [0.15, 0.2) is 59.5 Å². The Hall–Kier alpha value is -3.42. The van der Waals surface area contributed by atoms with Crippen LogP contribution in [0.3, 0.4) is 0 Å². The maximum Gasteiger partial charge on any atom is 0.259 e. The molecule has 0 saturated carbocycles. The van der Waals surface area contributed by atoms with Gasteiger partial charge < -0.3 is 4.52 Å². The van der Waals surface area contributed by atoms with Crippen molar-refractivity contribution in [1.29, 1.82) is 0 Å². The molecule has 4 aromatic rings. The Morgan fingerprint density at radius 3 is 2.91 bits per heavy atom. The van der Waals surface area contributed by atoms with E-state index in [1.54, 1.807) is 36.8 Å². The molecule has 0 saturated heterocycles. The van der Waals surface area contributed by atoms with Crippen LogP contribution in [0, 0.1) is 5.82 Å². The summed E-state index contributed by atoms with van der Waals surface area (Å²) in [5, 5.41) is 11.8. The first-order valence-corrected chi connectivity index (χ1v) is 6.72. The van der Waals surface area contributed by atoms with E-state index in [1.807, 2.05) is 6.07 Å². The molecular weight excluding hydrogens is 299 g/mol. The molecule has 0 amide bonds. The molecule has 0 aliphatic heterocycles. The molecule has 7 nitrogen and oxygen atoms in total. The Morgan fingerprint density at radius 1 is 1.13 bits per heavy atom. The Kier molecular flexibility index (Phi) is 3.12. The Morgan fingerprint density at radius 2 is 2.09 bits per heavy atom. The number of hydrogen-bond donors (Lipinski definition) is 0. The van der Waals surface area contributed by atoms with Crippen LogP contribution in [0.5, 0.6) is 0 Å². The number of pyridine rings is 1. The highest BCUT2D eigenvalue weighted by Gasteiger charge is 2.14. The van der Waals surface area contributed by atoms with Crippen LogP contribution >= 0.6 is 0 Å². The molecule has 1 aromatic carbocycles. The minimum Gasteiger partial charge on any atom is -0.333 e. The van der Waals surface area contributed by atoms with Crippen molar-refractivity contribution < 1.29 is 8.91 Å². The molecule has 112 valence electrons. The third-order valence-electron chi connectivity index (χ3n) is 3.13. The van der Waals surface area contributed by atoms with E-state index >= 15 is 0 Å². The van der Waals surface area contributed by atoms with Gasteiger partial charge in [-0.2, -0.15) is 4.98 Å². The molecule has 0 N–H and O–H groups in total. The lowest BCUT2D eigenvalue weighted by Gasteiger charge is -1.98. The summed E-state index contributed by atoms with van der Waals surface area (Å²) in [5.74, 6) is 0.290. The molecule has 23 heavy (non-hydrogen) atoms. The van der Waals surface area contributed by atoms with E-state index in [4.69, 9.17) is 4.52 Å². The zero-order valence-corrected chi connectivity index (χ0v) is 11.7. The monoisotopic (exact) mass is 308 g/mol. The van der Waals surface area contributed by atoms with Gasteiger partial charge in [0, 0.05) is 12.4 Å². The highest BCUT2D eigenvalue weighted by atomic mass is 19.1. The molecule has 0 atom stereocenters. The lowest BCUT2D eigenvalue weighted by molar-refractivity contribution is 0.432. The second kappa shape index (κ2) is 5.41. The van der Waals surface area contributed by atoms with Gasteiger partial charge in [0.2, 0.25) is 5.82 Å². The van der Waals surface area contributed by atoms with Crippen molar-refractivity contribution in [1.82, 2.24) is 30.1 Å². The Labute approximate surface area is 129 Å². The molecule has 3 aromatic heterocycles. The molecule has 8 heteroatoms. The van der Waals surface area contributed by atoms with Gasteiger partial charge in [-0.3, -0.25) is 4.98 Å². The molecule has 0 fully saturated rings. The summed E-state index contributed by atoms with van der Waals surface area (Å²) in [6.45, 7) is 0. The predicted octanol–water partition coefficient (Wildman–Crippen LogP) is 2.52. The average Bonchev–Trinajstić information content (AvgIpc) is 3.25. The van der Waals surface area contributed by atoms with E-state index in [2.05, 4.69) is 25.4 Å². The third kappa shape index (κ3) is 2.57. The van der Waals surface area contributed by atoms with Crippen molar-refractivity contribution in [2.75, 3.05) is 0 Å². The second-order valence-corrected chi connectivity index (χ2v) is 4.69. The number of hydrogen-bond acceptors (Lipinski definition) is 6. The van der Waals surface area contributed by atoms with E-state index in [-0.39, 0.29) is 5.82 Å². The van der Waals surface area contributed by atoms with Gasteiger partial charge in [0.05, 0.1) is 17.4 Å². The molecule has 0 unspecified atom stereocenters. The van der Waals surface area contributed by atoms with Crippen molar-refractivity contribution in [2.24, 2.45) is 0 Å². The zero-order valence-electron chi connectivity index (χ0n) is 11.7. The van der Waals surface area contributed by atoms with Crippen molar-refractivity contribution in [2.45, 2.75) is 0 Å². The third-order valence-corrected chi connectivity index (χ3v) is 3.13. The molecule has 0 bridgehead atoms. The lowest BCUT2D eigenvalue weighted by Crippen LogP contribution is -1.94. The van der Waals surface area contributed by atoms with E-state index in [0.717, 1.165) is 0 Å². The highest BCUT2D eigenvalue weighted by molar-refractivity contribution is 5.55. The van der Waals surface area contributed by atoms with Crippen LogP contribution in [0.25, 0.3) is 28.7 Å². The van der Waals surface area contributed by atoms with Gasteiger partial charge in [-0.15, -0.1) is 5.10 Å². The first kappa shape index (κ1) is 13.3. The SMILES string of the molecule is Fc1cccc(-n2cc(-c3noc(-c4cccnc4)n3)nn2)c1. The molecule has 3 heterocycles. The first-order valence-electron chi connectivity index (χ1n) is 6.72. The van der Waals surface area contributed by atoms with Gasteiger partial charge in [0.25, 0.3) is 5.89 Å². The standard InChI is InChI=1S/C15H9FN6O/c16-11-4-1-5-12(7-11)22-9-13(19-21-22)14-18-15(23-20-14)10-3-2-6-17-8-10/h1-9H. The summed E-state index contributed by atoms with van der Waals surface area (Å²) in [6, 6.07) is 9.63. The molecule has 0 aliphatic rings. The molecule has 0 radical (unpaired) electrons. The fraction of sp³-hybridized carbons (Fsp3) is 0. The van der Waals surface area contributed by atoms with Crippen LogP contribution in [0.4, 0.5) is 4.39 Å². The van der Waals surface area contributed by atoms with Crippen LogP contribution < -0.4 is 0 Å². The van der Waals surface area contributed by atoms with Gasteiger partial charge in [-0.05, 0) is 30.3 Å². The fourth-order valence-electron chi connectivity index (χ4n) is 2.05. The van der Waals surface area contributed by atoms with Gasteiger partial charge in [-0.1, -0.05) is 16.4 Å². The summed E-state index contributed by atoms with van der Waals surface area (Å²) in [5.41, 5.74) is 1.69. The fourth-order valence-corrected chi connectivity index (χ4v) is 2.05. The first-order chi connectivity index (χ1) is 11.3. The predicted molar refractivity (Wildman–Crippen MR) is 77.8 cm³/mol. The zero-order chi connectivity index (χ0) is 15.6. The van der Waals surface area contributed by atoms with Gasteiger partial charge in [0.1, 0.15) is 5.82 Å². The number of aromatic nitrogens is 6. The van der Waals surface area contributed by atoms with Crippen LogP contribution in [0.2, 0.25) is 0 Å². The molecular formula is C15H9FN6O. The Balaban J connectivity index is 1.66. The second-order valence-electron chi connectivity index (χ2n) is 4.69. The van der Waals surface area contributed by atoms with Crippen LogP contribution in [-0.2, 0) is 0 Å². The lowest BCUT2D eigenvalue weighted by atomic mass is 10.3. The highest BCUT2D eigenvalue weighted by Crippen LogP contribution is 2.20. The van der Waals surface area contributed by atoms with Crippen molar-refractivity contribution in [3.63, 3.8) is 0 Å². The summed E-state index contributed by atoms with van der Waals surface area (Å²) in [7, 11) is 0. The number of benzene rings is 1. The van der Waals surface area contributed by atoms with Crippen molar-refractivity contribution >= 4 is 0 Å². The molecule has 0 aliphatic carbocycles. The van der Waals surface area contributed by atoms with E-state index in [0.29, 0.717) is 28.7 Å². The maximum absolute atomic E-state index is 13.3. The summed E-state index contributed by atoms with van der Waals surface area (Å²) in [6.07, 6.45) is 4.89. The molecule has 0 spiro atoms. The van der Waals surface area contributed by atoms with Crippen molar-refractivity contribution in [3.8, 4) is 28.7 Å². The topological polar surface area (TPSA) is 82.5 Å². The maximum atomic E-state index is 13.3. The summed E-state index contributed by atoms with van der Waals surface area (Å²) in [4.78, 5) is 8.27. The van der Waals surface area contributed by atoms with E-state index in [1.165, 1.54) is 16.8 Å². The van der Waals surface area contributed by atoms with Crippen LogP contribution in [-0.4, -0.2) is 30.1 Å². The number of rotatable bonds is 3. The smallest absolute Gasteiger partial charge is 0.259 e. The van der Waals surface area contributed by atoms with Gasteiger partial charge >= 0.3 is 0 Å². The minimum absolute atomic E-state index is 0.298. The number of nitrogens with zero attached hydrogens (tertiary/aromatic N) is 6. The normalized spacial score (nSPS) is 10.8. The minimum atomic E-state index is -0.349. The van der Waals surface area contributed by atoms with Crippen molar-refractivity contribution in [3.05, 3.63) is 60.8 Å². The van der Waals surface area contributed by atoms with Gasteiger partial charge in [-0.25, -0.2) is 9.07 Å². The quantitative estimate of drug-likeness (QED) is 0.578.